The minimum atomic E-state index is -3.43. The molecule has 0 spiro atoms. The van der Waals surface area contributed by atoms with Gasteiger partial charge in [0, 0.05) is 31.9 Å². The second-order valence-corrected chi connectivity index (χ2v) is 11.5. The molecule has 1 aliphatic heterocycles. The molecule has 0 aliphatic carbocycles. The van der Waals surface area contributed by atoms with E-state index in [1.807, 2.05) is 0 Å². The number of amides is 1. The third kappa shape index (κ3) is 5.42. The lowest BCUT2D eigenvalue weighted by molar-refractivity contribution is 0.0863. The van der Waals surface area contributed by atoms with Crippen molar-refractivity contribution in [2.75, 3.05) is 19.3 Å². The fraction of sp³-hybridized carbons (Fsp3) is 0.435. The summed E-state index contributed by atoms with van der Waals surface area (Å²) in [6, 6.07) is 12.6. The average molecular weight is 449 g/mol. The maximum absolute atomic E-state index is 13.0. The maximum Gasteiger partial charge on any atom is 0.253 e. The lowest BCUT2D eigenvalue weighted by atomic mass is 9.85. The minimum absolute atomic E-state index is 0.0806. The number of carbonyl (C=O) groups excluding carboxylic acids is 1. The third-order valence-electron chi connectivity index (χ3n) is 5.61. The fourth-order valence-electron chi connectivity index (χ4n) is 3.65. The van der Waals surface area contributed by atoms with Gasteiger partial charge >= 0.3 is 0 Å². The highest BCUT2D eigenvalue weighted by Crippen LogP contribution is 2.26. The van der Waals surface area contributed by atoms with Gasteiger partial charge < -0.3 is 5.32 Å². The molecule has 0 saturated carbocycles. The predicted octanol–water partition coefficient (Wildman–Crippen LogP) is 3.95. The molecule has 1 unspecified atom stereocenters. The van der Waals surface area contributed by atoms with Crippen molar-refractivity contribution in [1.29, 1.82) is 0 Å². The number of carbonyl (C=O) groups is 1. The van der Waals surface area contributed by atoms with Crippen LogP contribution in [0, 0.1) is 5.41 Å². The molecule has 7 heteroatoms. The van der Waals surface area contributed by atoms with Gasteiger partial charge in [-0.25, -0.2) is 8.42 Å². The van der Waals surface area contributed by atoms with Gasteiger partial charge in [-0.2, -0.15) is 0 Å². The first-order valence-corrected chi connectivity index (χ1v) is 12.3. The summed E-state index contributed by atoms with van der Waals surface area (Å²) in [4.78, 5) is 15.5. The highest BCUT2D eigenvalue weighted by molar-refractivity contribution is 7.90. The Morgan fingerprint density at radius 3 is 2.47 bits per heavy atom. The highest BCUT2D eigenvalue weighted by atomic mass is 35.5. The summed E-state index contributed by atoms with van der Waals surface area (Å²) >= 11 is 6.22. The van der Waals surface area contributed by atoms with Crippen LogP contribution in [0.1, 0.15) is 42.3 Å². The standard InChI is InChI=1S/C23H29ClN2O3S/c1-23(2,3)21(15-26-12-11-16-7-5-6-8-17(16)14-26)25-22(27)19-13-18(30(4,28)29)9-10-20(19)24/h5-10,13,21H,11-12,14-15H2,1-4H3,(H,25,27). The average Bonchev–Trinajstić information content (AvgIpc) is 2.66. The van der Waals surface area contributed by atoms with E-state index in [1.54, 1.807) is 0 Å². The first-order chi connectivity index (χ1) is 13.9. The largest absolute Gasteiger partial charge is 0.347 e. The van der Waals surface area contributed by atoms with E-state index in [0.717, 1.165) is 25.8 Å². The summed E-state index contributed by atoms with van der Waals surface area (Å²) in [7, 11) is -3.43. The van der Waals surface area contributed by atoms with E-state index in [0.29, 0.717) is 6.54 Å². The zero-order valence-electron chi connectivity index (χ0n) is 17.9. The van der Waals surface area contributed by atoms with Crippen LogP contribution in [-0.4, -0.2) is 44.6 Å². The second kappa shape index (κ2) is 8.69. The van der Waals surface area contributed by atoms with Crippen LogP contribution in [0.25, 0.3) is 0 Å². The lowest BCUT2D eigenvalue weighted by Crippen LogP contribution is -2.51. The van der Waals surface area contributed by atoms with Crippen molar-refractivity contribution in [1.82, 2.24) is 10.2 Å². The van der Waals surface area contributed by atoms with Crippen molar-refractivity contribution < 1.29 is 13.2 Å². The number of nitrogens with one attached hydrogen (secondary N) is 1. The Morgan fingerprint density at radius 2 is 1.83 bits per heavy atom. The van der Waals surface area contributed by atoms with E-state index >= 15 is 0 Å². The number of hydrogen-bond donors (Lipinski definition) is 1. The van der Waals surface area contributed by atoms with E-state index < -0.39 is 9.84 Å². The van der Waals surface area contributed by atoms with Gasteiger partial charge in [-0.3, -0.25) is 9.69 Å². The normalized spacial score (nSPS) is 16.0. The molecule has 1 amide bonds. The van der Waals surface area contributed by atoms with Crippen LogP contribution in [0.2, 0.25) is 5.02 Å². The number of rotatable bonds is 5. The summed E-state index contributed by atoms with van der Waals surface area (Å²) in [6.45, 7) is 8.75. The monoisotopic (exact) mass is 448 g/mol. The van der Waals surface area contributed by atoms with Gasteiger partial charge in [0.15, 0.2) is 9.84 Å². The Kier molecular flexibility index (Phi) is 6.60. The Bertz CT molecular complexity index is 1040. The van der Waals surface area contributed by atoms with Gasteiger partial charge in [-0.15, -0.1) is 0 Å². The molecule has 1 aliphatic rings. The summed E-state index contributed by atoms with van der Waals surface area (Å²) in [6.07, 6.45) is 2.10. The molecule has 1 N–H and O–H groups in total. The van der Waals surface area contributed by atoms with Crippen molar-refractivity contribution in [3.63, 3.8) is 0 Å². The predicted molar refractivity (Wildman–Crippen MR) is 121 cm³/mol. The van der Waals surface area contributed by atoms with Crippen molar-refractivity contribution in [3.05, 3.63) is 64.2 Å². The van der Waals surface area contributed by atoms with Crippen LogP contribution < -0.4 is 5.32 Å². The number of benzene rings is 2. The summed E-state index contributed by atoms with van der Waals surface area (Å²) in [5.41, 5.74) is 2.70. The van der Waals surface area contributed by atoms with Gasteiger partial charge in [-0.05, 0) is 41.2 Å². The van der Waals surface area contributed by atoms with E-state index in [4.69, 9.17) is 11.6 Å². The van der Waals surface area contributed by atoms with Gasteiger partial charge in [0.25, 0.3) is 5.91 Å². The number of sulfone groups is 1. The molecular weight excluding hydrogens is 420 g/mol. The molecular formula is C23H29ClN2O3S. The summed E-state index contributed by atoms with van der Waals surface area (Å²) < 4.78 is 23.8. The zero-order valence-corrected chi connectivity index (χ0v) is 19.5. The van der Waals surface area contributed by atoms with Crippen LogP contribution in [0.5, 0.6) is 0 Å². The third-order valence-corrected chi connectivity index (χ3v) is 7.05. The molecule has 0 aromatic heterocycles. The lowest BCUT2D eigenvalue weighted by Gasteiger charge is -2.38. The molecule has 1 atom stereocenters. The molecule has 162 valence electrons. The van der Waals surface area contributed by atoms with Crippen LogP contribution in [0.4, 0.5) is 0 Å². The number of hydrogen-bond acceptors (Lipinski definition) is 4. The Balaban J connectivity index is 1.79. The molecule has 0 fully saturated rings. The van der Waals surface area contributed by atoms with Crippen LogP contribution in [-0.2, 0) is 22.8 Å². The fourth-order valence-corrected chi connectivity index (χ4v) is 4.50. The van der Waals surface area contributed by atoms with E-state index in [2.05, 4.69) is 55.3 Å². The molecule has 5 nitrogen and oxygen atoms in total. The van der Waals surface area contributed by atoms with E-state index in [-0.39, 0.29) is 32.8 Å². The number of fused-ring (bicyclic) bond motifs is 1. The smallest absolute Gasteiger partial charge is 0.253 e. The zero-order chi connectivity index (χ0) is 22.1. The van der Waals surface area contributed by atoms with Crippen LogP contribution in [0.15, 0.2) is 47.4 Å². The topological polar surface area (TPSA) is 66.5 Å². The first kappa shape index (κ1) is 22.8. The maximum atomic E-state index is 13.0. The van der Waals surface area contributed by atoms with Crippen molar-refractivity contribution in [2.24, 2.45) is 5.41 Å². The highest BCUT2D eigenvalue weighted by Gasteiger charge is 2.30. The quantitative estimate of drug-likeness (QED) is 0.752. The molecule has 1 heterocycles. The van der Waals surface area contributed by atoms with E-state index in [1.165, 1.54) is 29.3 Å². The van der Waals surface area contributed by atoms with Gasteiger partial charge in [-0.1, -0.05) is 56.6 Å². The van der Waals surface area contributed by atoms with Crippen molar-refractivity contribution >= 4 is 27.3 Å². The summed E-state index contributed by atoms with van der Waals surface area (Å²) in [5, 5.41) is 3.34. The van der Waals surface area contributed by atoms with E-state index in [9.17, 15) is 13.2 Å². The molecule has 2 aromatic rings. The second-order valence-electron chi connectivity index (χ2n) is 9.06. The van der Waals surface area contributed by atoms with Crippen molar-refractivity contribution in [2.45, 2.75) is 44.7 Å². The first-order valence-electron chi connectivity index (χ1n) is 10.0. The van der Waals surface area contributed by atoms with Gasteiger partial charge in [0.1, 0.15) is 0 Å². The van der Waals surface area contributed by atoms with Crippen LogP contribution in [0.3, 0.4) is 0 Å². The molecule has 0 bridgehead atoms. The molecule has 30 heavy (non-hydrogen) atoms. The Labute approximate surface area is 184 Å². The Hall–Kier alpha value is -1.89. The molecule has 2 aromatic carbocycles. The molecule has 0 radical (unpaired) electrons. The van der Waals surface area contributed by atoms with Crippen molar-refractivity contribution in [3.8, 4) is 0 Å². The van der Waals surface area contributed by atoms with Crippen LogP contribution >= 0.6 is 11.6 Å². The Morgan fingerprint density at radius 1 is 1.17 bits per heavy atom. The SMILES string of the molecule is CC(C)(C)C(CN1CCc2ccccc2C1)NC(=O)c1cc(S(C)(=O)=O)ccc1Cl. The summed E-state index contributed by atoms with van der Waals surface area (Å²) in [5.74, 6) is -0.358. The number of halogens is 1. The molecule has 3 rings (SSSR count). The molecule has 0 saturated heterocycles. The number of nitrogens with zero attached hydrogens (tertiary/aromatic N) is 1. The minimum Gasteiger partial charge on any atom is -0.347 e. The van der Waals surface area contributed by atoms with Gasteiger partial charge in [0.2, 0.25) is 0 Å². The van der Waals surface area contributed by atoms with Gasteiger partial charge in [0.05, 0.1) is 15.5 Å².